The third kappa shape index (κ3) is 3.12. The smallest absolute Gasteiger partial charge is 0.130 e. The van der Waals surface area contributed by atoms with Crippen LogP contribution in [0.15, 0.2) is 42.0 Å². The van der Waals surface area contributed by atoms with Crippen LogP contribution in [0.25, 0.3) is 5.57 Å². The normalized spacial score (nSPS) is 22.8. The first kappa shape index (κ1) is 12.7. The quantitative estimate of drug-likeness (QED) is 0.670. The van der Waals surface area contributed by atoms with Gasteiger partial charge < -0.3 is 4.57 Å². The van der Waals surface area contributed by atoms with Crippen LogP contribution in [0.5, 0.6) is 0 Å². The summed E-state index contributed by atoms with van der Waals surface area (Å²) in [5.74, 6) is 3.82. The van der Waals surface area contributed by atoms with Gasteiger partial charge in [0.05, 0.1) is 0 Å². The summed E-state index contributed by atoms with van der Waals surface area (Å²) in [4.78, 5) is 0. The van der Waals surface area contributed by atoms with Gasteiger partial charge in [-0.15, -0.1) is 0 Å². The Morgan fingerprint density at radius 2 is 1.94 bits per heavy atom. The minimum atomic E-state index is -2.20. The van der Waals surface area contributed by atoms with E-state index in [0.717, 1.165) is 35.2 Å². The highest BCUT2D eigenvalue weighted by molar-refractivity contribution is 7.70. The Bertz CT molecular complexity index is 499. The Balaban J connectivity index is 2.20. The van der Waals surface area contributed by atoms with Crippen molar-refractivity contribution in [3.63, 3.8) is 0 Å². The fraction of sp³-hybridized carbons (Fsp3) is 0.286. The zero-order valence-corrected chi connectivity index (χ0v) is 11.5. The molecule has 90 valence electrons. The first-order valence-electron chi connectivity index (χ1n) is 5.89. The fourth-order valence-corrected chi connectivity index (χ4v) is 4.31. The Kier molecular flexibility index (Phi) is 3.91. The van der Waals surface area contributed by atoms with Crippen LogP contribution in [0.3, 0.4) is 0 Å². The van der Waals surface area contributed by atoms with E-state index in [1.165, 1.54) is 0 Å². The van der Waals surface area contributed by atoms with Crippen LogP contribution in [0, 0.1) is 0 Å². The molecule has 1 aromatic rings. The summed E-state index contributed by atoms with van der Waals surface area (Å²) in [5, 5.41) is 0.727. The van der Waals surface area contributed by atoms with Crippen LogP contribution in [0.1, 0.15) is 25.3 Å². The zero-order valence-electron chi connectivity index (χ0n) is 9.90. The first-order valence-corrected chi connectivity index (χ1v) is 8.30. The molecule has 0 aliphatic carbocycles. The van der Waals surface area contributed by atoms with E-state index in [2.05, 4.69) is 6.92 Å². The monoisotopic (exact) mass is 266 g/mol. The van der Waals surface area contributed by atoms with Crippen molar-refractivity contribution in [2.75, 3.05) is 6.16 Å². The molecule has 3 heteroatoms. The maximum Gasteiger partial charge on any atom is 0.130 e. The van der Waals surface area contributed by atoms with Gasteiger partial charge in [-0.1, -0.05) is 43.2 Å². The van der Waals surface area contributed by atoms with E-state index < -0.39 is 7.14 Å². The van der Waals surface area contributed by atoms with E-state index in [0.29, 0.717) is 0 Å². The molecule has 1 aromatic carbocycles. The maximum absolute atomic E-state index is 12.4. The van der Waals surface area contributed by atoms with E-state index in [1.54, 1.807) is 0 Å². The summed E-state index contributed by atoms with van der Waals surface area (Å²) in [5.41, 5.74) is 2.14. The average molecular weight is 267 g/mol. The van der Waals surface area contributed by atoms with Crippen LogP contribution in [-0.4, -0.2) is 6.16 Å². The summed E-state index contributed by atoms with van der Waals surface area (Å²) in [7, 11) is -2.20. The Morgan fingerprint density at radius 1 is 1.24 bits per heavy atom. The van der Waals surface area contributed by atoms with Gasteiger partial charge in [0.15, 0.2) is 0 Å². The van der Waals surface area contributed by atoms with Crippen LogP contribution in [0.2, 0.25) is 5.02 Å². The number of unbranched alkanes of at least 4 members (excludes halogenated alkanes) is 1. The highest BCUT2D eigenvalue weighted by atomic mass is 35.5. The van der Waals surface area contributed by atoms with E-state index >= 15 is 0 Å². The third-order valence-corrected chi connectivity index (χ3v) is 5.54. The molecule has 17 heavy (non-hydrogen) atoms. The van der Waals surface area contributed by atoms with Gasteiger partial charge in [-0.25, -0.2) is 0 Å². The number of hydrogen-bond acceptors (Lipinski definition) is 1. The van der Waals surface area contributed by atoms with Crippen molar-refractivity contribution in [3.05, 3.63) is 52.6 Å². The molecular weight excluding hydrogens is 251 g/mol. The minimum absolute atomic E-state index is 0.727. The van der Waals surface area contributed by atoms with E-state index in [9.17, 15) is 4.57 Å². The number of hydrogen-bond donors (Lipinski definition) is 0. The van der Waals surface area contributed by atoms with E-state index in [-0.39, 0.29) is 0 Å². The largest absolute Gasteiger partial charge is 0.315 e. The number of benzene rings is 1. The lowest BCUT2D eigenvalue weighted by molar-refractivity contribution is 0.584. The van der Waals surface area contributed by atoms with Crippen molar-refractivity contribution >= 4 is 24.3 Å². The zero-order chi connectivity index (χ0) is 12.3. The van der Waals surface area contributed by atoms with Gasteiger partial charge in [0.2, 0.25) is 0 Å². The van der Waals surface area contributed by atoms with E-state index in [1.807, 2.05) is 42.0 Å². The molecule has 1 aliphatic rings. The molecule has 0 fully saturated rings. The van der Waals surface area contributed by atoms with Gasteiger partial charge >= 0.3 is 0 Å². The van der Waals surface area contributed by atoms with Crippen molar-refractivity contribution in [1.29, 1.82) is 0 Å². The molecule has 0 aromatic heterocycles. The molecule has 0 bridgehead atoms. The molecule has 0 radical (unpaired) electrons. The number of rotatable bonds is 4. The van der Waals surface area contributed by atoms with Gasteiger partial charge in [-0.3, -0.25) is 0 Å². The summed E-state index contributed by atoms with van der Waals surface area (Å²) in [6.45, 7) is 2.12. The second-order valence-electron chi connectivity index (χ2n) is 4.34. The Morgan fingerprint density at radius 3 is 2.59 bits per heavy atom. The first-order chi connectivity index (χ1) is 8.13. The second-order valence-corrected chi connectivity index (χ2v) is 7.49. The van der Waals surface area contributed by atoms with Crippen LogP contribution in [-0.2, 0) is 4.57 Å². The molecule has 1 aliphatic heterocycles. The van der Waals surface area contributed by atoms with Gasteiger partial charge in [0.25, 0.3) is 0 Å². The Hall–Kier alpha value is -0.780. The van der Waals surface area contributed by atoms with Crippen LogP contribution >= 0.6 is 18.7 Å². The van der Waals surface area contributed by atoms with Crippen LogP contribution < -0.4 is 0 Å². The lowest BCUT2D eigenvalue weighted by Crippen LogP contribution is -1.82. The van der Waals surface area contributed by atoms with Crippen molar-refractivity contribution in [2.45, 2.75) is 19.8 Å². The van der Waals surface area contributed by atoms with Crippen molar-refractivity contribution in [2.24, 2.45) is 0 Å². The summed E-state index contributed by atoms with van der Waals surface area (Å²) >= 11 is 5.85. The molecule has 0 spiro atoms. The predicted molar refractivity (Wildman–Crippen MR) is 76.0 cm³/mol. The lowest BCUT2D eigenvalue weighted by atomic mass is 10.1. The molecule has 0 saturated carbocycles. The molecule has 0 saturated heterocycles. The Labute approximate surface area is 108 Å². The summed E-state index contributed by atoms with van der Waals surface area (Å²) in [6.07, 6.45) is 4.87. The highest BCUT2D eigenvalue weighted by Crippen LogP contribution is 2.56. The van der Waals surface area contributed by atoms with Gasteiger partial charge in [0.1, 0.15) is 7.14 Å². The molecule has 1 atom stereocenters. The summed E-state index contributed by atoms with van der Waals surface area (Å²) < 4.78 is 12.4. The average Bonchev–Trinajstić information content (AvgIpc) is 2.71. The van der Waals surface area contributed by atoms with Crippen LogP contribution in [0.4, 0.5) is 0 Å². The molecular formula is C14H16ClOP. The predicted octanol–water partition coefficient (Wildman–Crippen LogP) is 5.37. The van der Waals surface area contributed by atoms with Gasteiger partial charge in [-0.2, -0.15) is 0 Å². The fourth-order valence-electron chi connectivity index (χ4n) is 1.89. The van der Waals surface area contributed by atoms with Gasteiger partial charge in [-0.05, 0) is 41.3 Å². The molecule has 0 amide bonds. The lowest BCUT2D eigenvalue weighted by Gasteiger charge is -2.05. The third-order valence-electron chi connectivity index (χ3n) is 2.90. The van der Waals surface area contributed by atoms with Crippen molar-refractivity contribution < 1.29 is 4.57 Å². The molecule has 2 rings (SSSR count). The summed E-state index contributed by atoms with van der Waals surface area (Å²) in [6, 6.07) is 7.66. The topological polar surface area (TPSA) is 17.1 Å². The van der Waals surface area contributed by atoms with Crippen molar-refractivity contribution in [3.8, 4) is 0 Å². The molecule has 1 heterocycles. The number of allylic oxidation sites excluding steroid dienone is 2. The maximum atomic E-state index is 12.4. The van der Waals surface area contributed by atoms with Crippen molar-refractivity contribution in [1.82, 2.24) is 0 Å². The van der Waals surface area contributed by atoms with Gasteiger partial charge in [0, 0.05) is 11.2 Å². The number of halogens is 1. The SMILES string of the molecule is CCCC[P@@]1(=O)C=CC(c2ccc(Cl)cc2)=C1. The molecule has 1 nitrogen and oxygen atoms in total. The molecule has 0 N–H and O–H groups in total. The highest BCUT2D eigenvalue weighted by Gasteiger charge is 2.20. The minimum Gasteiger partial charge on any atom is -0.315 e. The molecule has 0 unspecified atom stereocenters. The van der Waals surface area contributed by atoms with E-state index in [4.69, 9.17) is 11.6 Å². The standard InChI is InChI=1S/C14H16ClOP/c1-2-3-9-17(16)10-8-13(11-17)12-4-6-14(15)7-5-12/h4-8,10-11H,2-3,9H2,1H3/t17-/m1/s1. The second kappa shape index (κ2) is 5.25.